The molecule has 0 saturated carbocycles. The maximum atomic E-state index is 13.0. The molecule has 15 heteroatoms. The normalized spacial score (nSPS) is 13.1. The maximum absolute atomic E-state index is 13.0. The highest BCUT2D eigenvalue weighted by Crippen LogP contribution is 2.35. The van der Waals surface area contributed by atoms with Crippen molar-refractivity contribution >= 4 is 52.1 Å². The van der Waals surface area contributed by atoms with Crippen molar-refractivity contribution in [2.24, 2.45) is 0 Å². The summed E-state index contributed by atoms with van der Waals surface area (Å²) in [5, 5.41) is 11.8. The number of anilines is 6. The minimum atomic E-state index is -4.47. The van der Waals surface area contributed by atoms with Gasteiger partial charge in [0.15, 0.2) is 5.82 Å². The number of morpholine rings is 1. The molecule has 5 rings (SSSR count). The standard InChI is InChI=1S/C31H31ClF3N7O4/c1-44-26-15-22(39-30(43)37-17-19-4-3-5-20(14-19)31(33,34)35)6-8-24(26)40-29-36-18-23(32)28(41-29)38-21-7-9-25(27(16-21)45-2)42-10-12-46-13-11-42/h3-9,14-16,18H,10-13,17H2,1-2H3,(H2,37,39,43)(H2,36,38,40,41). The van der Waals surface area contributed by atoms with Crippen LogP contribution in [0.3, 0.4) is 0 Å². The molecular weight excluding hydrogens is 627 g/mol. The third kappa shape index (κ3) is 8.20. The lowest BCUT2D eigenvalue weighted by Gasteiger charge is -2.30. The number of amides is 2. The number of methoxy groups -OCH3 is 2. The molecule has 0 radical (unpaired) electrons. The first-order valence-electron chi connectivity index (χ1n) is 14.1. The Morgan fingerprint density at radius 3 is 2.46 bits per heavy atom. The number of ether oxygens (including phenoxy) is 3. The molecule has 1 saturated heterocycles. The van der Waals surface area contributed by atoms with Crippen LogP contribution in [0.25, 0.3) is 0 Å². The van der Waals surface area contributed by atoms with Gasteiger partial charge in [-0.05, 0) is 42.0 Å². The molecule has 2 amide bonds. The van der Waals surface area contributed by atoms with Gasteiger partial charge in [0.25, 0.3) is 0 Å². The molecule has 3 aromatic carbocycles. The van der Waals surface area contributed by atoms with E-state index in [1.165, 1.54) is 25.4 Å². The van der Waals surface area contributed by atoms with E-state index in [4.69, 9.17) is 25.8 Å². The first-order valence-corrected chi connectivity index (χ1v) is 14.5. The first-order chi connectivity index (χ1) is 22.1. The van der Waals surface area contributed by atoms with Crippen molar-refractivity contribution in [2.45, 2.75) is 12.7 Å². The Bertz CT molecular complexity index is 1690. The van der Waals surface area contributed by atoms with Crippen molar-refractivity contribution in [2.75, 3.05) is 61.4 Å². The predicted octanol–water partition coefficient (Wildman–Crippen LogP) is 6.81. The van der Waals surface area contributed by atoms with E-state index >= 15 is 0 Å². The average Bonchev–Trinajstić information content (AvgIpc) is 3.06. The highest BCUT2D eigenvalue weighted by molar-refractivity contribution is 6.32. The number of hydrogen-bond acceptors (Lipinski definition) is 9. The Labute approximate surface area is 268 Å². The highest BCUT2D eigenvalue weighted by Gasteiger charge is 2.30. The summed E-state index contributed by atoms with van der Waals surface area (Å²) in [4.78, 5) is 23.4. The summed E-state index contributed by atoms with van der Waals surface area (Å²) < 4.78 is 55.5. The van der Waals surface area contributed by atoms with Crippen molar-refractivity contribution in [3.8, 4) is 11.5 Å². The molecule has 0 bridgehead atoms. The Hall–Kier alpha value is -4.95. The number of hydrogen-bond donors (Lipinski definition) is 4. The number of carbonyl (C=O) groups is 1. The van der Waals surface area contributed by atoms with Gasteiger partial charge in [-0.25, -0.2) is 9.78 Å². The highest BCUT2D eigenvalue weighted by atomic mass is 35.5. The van der Waals surface area contributed by atoms with Crippen LogP contribution in [-0.4, -0.2) is 56.5 Å². The van der Waals surface area contributed by atoms with Crippen molar-refractivity contribution in [3.63, 3.8) is 0 Å². The zero-order chi connectivity index (χ0) is 32.7. The topological polar surface area (TPSA) is 122 Å². The number of halogens is 4. The molecule has 4 aromatic rings. The summed E-state index contributed by atoms with van der Waals surface area (Å²) in [6.45, 7) is 2.75. The van der Waals surface area contributed by atoms with Crippen LogP contribution in [0.1, 0.15) is 11.1 Å². The molecule has 1 fully saturated rings. The van der Waals surface area contributed by atoms with E-state index in [0.717, 1.165) is 30.9 Å². The van der Waals surface area contributed by atoms with Gasteiger partial charge in [0.2, 0.25) is 5.95 Å². The van der Waals surface area contributed by atoms with E-state index in [0.29, 0.717) is 58.2 Å². The Kier molecular flexibility index (Phi) is 10.2. The number of benzene rings is 3. The van der Waals surface area contributed by atoms with Crippen LogP contribution in [0.4, 0.5) is 52.5 Å². The zero-order valence-corrected chi connectivity index (χ0v) is 25.6. The quantitative estimate of drug-likeness (QED) is 0.146. The molecule has 46 heavy (non-hydrogen) atoms. The summed E-state index contributed by atoms with van der Waals surface area (Å²) in [6.07, 6.45) is -3.01. The third-order valence-electron chi connectivity index (χ3n) is 6.95. The van der Waals surface area contributed by atoms with Crippen molar-refractivity contribution < 1.29 is 32.2 Å². The van der Waals surface area contributed by atoms with Crippen LogP contribution in [0, 0.1) is 0 Å². The lowest BCUT2D eigenvalue weighted by molar-refractivity contribution is -0.137. The Morgan fingerprint density at radius 1 is 0.978 bits per heavy atom. The van der Waals surface area contributed by atoms with Gasteiger partial charge in [-0.3, -0.25) is 0 Å². The van der Waals surface area contributed by atoms with Gasteiger partial charge in [-0.1, -0.05) is 23.7 Å². The molecule has 1 aromatic heterocycles. The van der Waals surface area contributed by atoms with E-state index < -0.39 is 17.8 Å². The first kappa shape index (κ1) is 32.4. The molecule has 0 atom stereocenters. The van der Waals surface area contributed by atoms with Crippen LogP contribution < -0.4 is 35.6 Å². The SMILES string of the molecule is COc1cc(NC(=O)NCc2cccc(C(F)(F)F)c2)ccc1Nc1ncc(Cl)c(Nc2ccc(N3CCOCC3)c(OC)c2)n1. The molecular formula is C31H31ClF3N7O4. The summed E-state index contributed by atoms with van der Waals surface area (Å²) in [5.41, 5.74) is 2.08. The second-order valence-electron chi connectivity index (χ2n) is 10.0. The number of aromatic nitrogens is 2. The van der Waals surface area contributed by atoms with Gasteiger partial charge < -0.3 is 40.4 Å². The molecule has 242 valence electrons. The van der Waals surface area contributed by atoms with E-state index in [2.05, 4.69) is 36.1 Å². The molecule has 2 heterocycles. The molecule has 0 unspecified atom stereocenters. The zero-order valence-electron chi connectivity index (χ0n) is 24.9. The lowest BCUT2D eigenvalue weighted by atomic mass is 10.1. The number of alkyl halides is 3. The molecule has 1 aliphatic heterocycles. The smallest absolute Gasteiger partial charge is 0.416 e. The number of urea groups is 1. The fourth-order valence-electron chi connectivity index (χ4n) is 4.68. The number of rotatable bonds is 10. The molecule has 0 spiro atoms. The van der Waals surface area contributed by atoms with Crippen LogP contribution >= 0.6 is 11.6 Å². The van der Waals surface area contributed by atoms with Gasteiger partial charge in [0.05, 0.1) is 50.6 Å². The molecule has 0 aliphatic carbocycles. The average molecular weight is 658 g/mol. The lowest BCUT2D eigenvalue weighted by Crippen LogP contribution is -2.36. The molecule has 11 nitrogen and oxygen atoms in total. The minimum absolute atomic E-state index is 0.0956. The van der Waals surface area contributed by atoms with Crippen molar-refractivity contribution in [1.29, 1.82) is 0 Å². The van der Waals surface area contributed by atoms with E-state index in [1.807, 2.05) is 18.2 Å². The van der Waals surface area contributed by atoms with Gasteiger partial charge in [-0.15, -0.1) is 0 Å². The Balaban J connectivity index is 1.23. The second-order valence-corrected chi connectivity index (χ2v) is 10.5. The molecule has 1 aliphatic rings. The largest absolute Gasteiger partial charge is 0.495 e. The summed E-state index contributed by atoms with van der Waals surface area (Å²) >= 11 is 6.41. The molecule has 4 N–H and O–H groups in total. The van der Waals surface area contributed by atoms with Gasteiger partial charge in [-0.2, -0.15) is 18.2 Å². The van der Waals surface area contributed by atoms with Crippen LogP contribution in [0.5, 0.6) is 11.5 Å². The summed E-state index contributed by atoms with van der Waals surface area (Å²) in [5.74, 6) is 1.64. The number of nitrogens with zero attached hydrogens (tertiary/aromatic N) is 3. The number of nitrogens with one attached hydrogen (secondary N) is 4. The third-order valence-corrected chi connectivity index (χ3v) is 7.23. The van der Waals surface area contributed by atoms with E-state index in [1.54, 1.807) is 25.3 Å². The van der Waals surface area contributed by atoms with Crippen molar-refractivity contribution in [3.05, 3.63) is 83.0 Å². The predicted molar refractivity (Wildman–Crippen MR) is 170 cm³/mol. The van der Waals surface area contributed by atoms with Crippen LogP contribution in [-0.2, 0) is 17.5 Å². The fraction of sp³-hybridized carbons (Fsp3) is 0.258. The van der Waals surface area contributed by atoms with E-state index in [-0.39, 0.29) is 12.5 Å². The monoisotopic (exact) mass is 657 g/mol. The summed E-state index contributed by atoms with van der Waals surface area (Å²) in [6, 6.07) is 14.7. The summed E-state index contributed by atoms with van der Waals surface area (Å²) in [7, 11) is 3.08. The van der Waals surface area contributed by atoms with Crippen molar-refractivity contribution in [1.82, 2.24) is 15.3 Å². The maximum Gasteiger partial charge on any atom is 0.416 e. The fourth-order valence-corrected chi connectivity index (χ4v) is 4.82. The van der Waals surface area contributed by atoms with Gasteiger partial charge in [0, 0.05) is 43.1 Å². The Morgan fingerprint density at radius 2 is 1.72 bits per heavy atom. The van der Waals surface area contributed by atoms with Gasteiger partial charge in [0.1, 0.15) is 16.5 Å². The van der Waals surface area contributed by atoms with Crippen LogP contribution in [0.2, 0.25) is 5.02 Å². The van der Waals surface area contributed by atoms with Gasteiger partial charge >= 0.3 is 12.2 Å². The van der Waals surface area contributed by atoms with Crippen LogP contribution in [0.15, 0.2) is 66.9 Å². The van der Waals surface area contributed by atoms with E-state index in [9.17, 15) is 18.0 Å². The minimum Gasteiger partial charge on any atom is -0.495 e. The second kappa shape index (κ2) is 14.4. The number of carbonyl (C=O) groups excluding carboxylic acids is 1.